The normalized spacial score (nSPS) is 30.6. The minimum absolute atomic E-state index is 0.0322. The van der Waals surface area contributed by atoms with Gasteiger partial charge in [-0.2, -0.15) is 0 Å². The molecule has 2 fully saturated rings. The second kappa shape index (κ2) is 7.13. The van der Waals surface area contributed by atoms with Gasteiger partial charge in [-0.3, -0.25) is 4.90 Å². The lowest BCUT2D eigenvalue weighted by Crippen LogP contribution is -2.74. The van der Waals surface area contributed by atoms with Crippen LogP contribution in [0.4, 0.5) is 0 Å². The highest BCUT2D eigenvalue weighted by atomic mass is 16.5. The lowest BCUT2D eigenvalue weighted by molar-refractivity contribution is -0.173. The van der Waals surface area contributed by atoms with E-state index in [1.165, 1.54) is 18.4 Å². The van der Waals surface area contributed by atoms with E-state index >= 15 is 0 Å². The number of fused-ring (bicyclic) bond motifs is 4. The fourth-order valence-electron chi connectivity index (χ4n) is 8.30. The number of phenolic OH excluding ortho intramolecular Hbond substituents is 1. The van der Waals surface area contributed by atoms with Gasteiger partial charge in [-0.1, -0.05) is 24.3 Å². The fourth-order valence-corrected chi connectivity index (χ4v) is 8.30. The summed E-state index contributed by atoms with van der Waals surface area (Å²) < 4.78 is 12.8. The van der Waals surface area contributed by atoms with Crippen molar-refractivity contribution in [3.63, 3.8) is 0 Å². The van der Waals surface area contributed by atoms with Gasteiger partial charge in [0.15, 0.2) is 17.6 Å². The molecule has 38 heavy (non-hydrogen) atoms. The Hall–Kier alpha value is -3.48. The van der Waals surface area contributed by atoms with Crippen molar-refractivity contribution in [1.82, 2.24) is 9.88 Å². The smallest absolute Gasteiger partial charge is 0.166 e. The zero-order valence-electron chi connectivity index (χ0n) is 21.1. The van der Waals surface area contributed by atoms with Crippen molar-refractivity contribution in [2.45, 2.75) is 55.3 Å². The molecule has 0 amide bonds. The average molecular weight is 507 g/mol. The summed E-state index contributed by atoms with van der Waals surface area (Å²) in [6, 6.07) is 19.8. The Morgan fingerprint density at radius 3 is 2.76 bits per heavy atom. The van der Waals surface area contributed by atoms with Crippen molar-refractivity contribution < 1.29 is 19.7 Å². The first-order chi connectivity index (χ1) is 18.5. The Morgan fingerprint density at radius 2 is 1.92 bits per heavy atom. The van der Waals surface area contributed by atoms with Crippen LogP contribution >= 0.6 is 0 Å². The Balaban J connectivity index is 1.22. The zero-order valence-corrected chi connectivity index (χ0v) is 21.1. The molecule has 5 aliphatic rings. The number of aromatic hydroxyl groups is 1. The van der Waals surface area contributed by atoms with Crippen molar-refractivity contribution in [3.8, 4) is 23.0 Å². The molecule has 2 bridgehead atoms. The second-order valence-electron chi connectivity index (χ2n) is 12.1. The van der Waals surface area contributed by atoms with Crippen molar-refractivity contribution in [2.24, 2.45) is 5.92 Å². The maximum Gasteiger partial charge on any atom is 0.166 e. The molecule has 1 saturated heterocycles. The third kappa shape index (κ3) is 2.60. The molecule has 1 spiro atoms. The van der Waals surface area contributed by atoms with Crippen LogP contribution in [0.2, 0.25) is 0 Å². The largest absolute Gasteiger partial charge is 0.504 e. The first kappa shape index (κ1) is 21.5. The zero-order chi connectivity index (χ0) is 25.2. The predicted octanol–water partition coefficient (Wildman–Crippen LogP) is 5.36. The summed E-state index contributed by atoms with van der Waals surface area (Å²) in [5.41, 5.74) is 3.85. The molecule has 6 nitrogen and oxygen atoms in total. The predicted molar refractivity (Wildman–Crippen MR) is 143 cm³/mol. The first-order valence-corrected chi connectivity index (χ1v) is 13.9. The lowest BCUT2D eigenvalue weighted by atomic mass is 9.49. The maximum absolute atomic E-state index is 12.9. The molecule has 2 aliphatic heterocycles. The standard InChI is InChI=1S/C32H30N2O4/c35-25-11-8-19-14-26-32(36)16-23-22-10-9-21(37-20-4-2-1-3-5-20)15-24(22)33-28(23)30-31(32,27(19)29(25)38-30)12-13-34(26)17-18-6-7-18/h1-5,8-11,15,18,26,30,33,35-36H,6-7,12-14,16-17H2/t26-,30+,31+,32-/m1/s1. The molecule has 3 aromatic carbocycles. The van der Waals surface area contributed by atoms with Crippen molar-refractivity contribution in [3.05, 3.63) is 83.0 Å². The molecule has 3 N–H and O–H groups in total. The molecule has 0 unspecified atom stereocenters. The molecule has 0 radical (unpaired) electrons. The molecular weight excluding hydrogens is 476 g/mol. The molecule has 1 saturated carbocycles. The number of hydrogen-bond donors (Lipinski definition) is 3. The number of benzene rings is 3. The Labute approximate surface area is 220 Å². The van der Waals surface area contributed by atoms with Gasteiger partial charge in [0.25, 0.3) is 0 Å². The molecule has 3 heterocycles. The van der Waals surface area contributed by atoms with Gasteiger partial charge in [0.05, 0.1) is 16.7 Å². The number of nitrogens with one attached hydrogen (secondary N) is 1. The van der Waals surface area contributed by atoms with Gasteiger partial charge < -0.3 is 24.7 Å². The highest BCUT2D eigenvalue weighted by Crippen LogP contribution is 2.69. The molecule has 4 atom stereocenters. The van der Waals surface area contributed by atoms with Crippen LogP contribution in [0.1, 0.15) is 47.8 Å². The van der Waals surface area contributed by atoms with E-state index < -0.39 is 11.0 Å². The third-order valence-electron chi connectivity index (χ3n) is 10.1. The van der Waals surface area contributed by atoms with Gasteiger partial charge in [0.1, 0.15) is 11.5 Å². The van der Waals surface area contributed by atoms with Crippen molar-refractivity contribution in [1.29, 1.82) is 0 Å². The van der Waals surface area contributed by atoms with E-state index in [0.29, 0.717) is 12.2 Å². The number of piperidine rings is 1. The van der Waals surface area contributed by atoms with Crippen LogP contribution in [-0.2, 0) is 18.3 Å². The van der Waals surface area contributed by atoms with Crippen LogP contribution in [0.15, 0.2) is 60.7 Å². The quantitative estimate of drug-likeness (QED) is 0.347. The van der Waals surface area contributed by atoms with E-state index in [4.69, 9.17) is 9.47 Å². The van der Waals surface area contributed by atoms with E-state index in [9.17, 15) is 10.2 Å². The van der Waals surface area contributed by atoms with E-state index in [2.05, 4.69) is 22.0 Å². The van der Waals surface area contributed by atoms with E-state index in [-0.39, 0.29) is 17.9 Å². The van der Waals surface area contributed by atoms with Crippen LogP contribution in [0.3, 0.4) is 0 Å². The molecule has 1 aromatic heterocycles. The summed E-state index contributed by atoms with van der Waals surface area (Å²) in [7, 11) is 0. The SMILES string of the molecule is Oc1ccc2c3c1O[C@H]1c4[nH]c5cc(Oc6ccccc6)ccc5c4C[C@@]4(O)[C@@H](C2)N(CC2CC2)CC[C@]314. The number of aliphatic hydroxyl groups is 1. The van der Waals surface area contributed by atoms with Crippen LogP contribution in [0.5, 0.6) is 23.0 Å². The van der Waals surface area contributed by atoms with Gasteiger partial charge in [-0.25, -0.2) is 0 Å². The van der Waals surface area contributed by atoms with Crippen molar-refractivity contribution in [2.75, 3.05) is 13.1 Å². The minimum atomic E-state index is -0.974. The van der Waals surface area contributed by atoms with Gasteiger partial charge in [-0.05, 0) is 79.6 Å². The van der Waals surface area contributed by atoms with Crippen LogP contribution in [0.25, 0.3) is 10.9 Å². The Kier molecular flexibility index (Phi) is 4.02. The lowest BCUT2D eigenvalue weighted by Gasteiger charge is -2.62. The van der Waals surface area contributed by atoms with Crippen molar-refractivity contribution >= 4 is 10.9 Å². The average Bonchev–Trinajstić information content (AvgIpc) is 3.56. The highest BCUT2D eigenvalue weighted by Gasteiger charge is 2.72. The number of H-pyrrole nitrogens is 1. The summed E-state index contributed by atoms with van der Waals surface area (Å²) in [4.78, 5) is 6.26. The second-order valence-corrected chi connectivity index (χ2v) is 12.1. The molecule has 9 rings (SSSR count). The monoisotopic (exact) mass is 506 g/mol. The Bertz CT molecular complexity index is 1630. The van der Waals surface area contributed by atoms with Gasteiger partial charge in [-0.15, -0.1) is 0 Å². The molecule has 4 aromatic rings. The first-order valence-electron chi connectivity index (χ1n) is 13.9. The summed E-state index contributed by atoms with van der Waals surface area (Å²) in [5.74, 6) is 3.06. The number of ether oxygens (including phenoxy) is 2. The third-order valence-corrected chi connectivity index (χ3v) is 10.1. The summed E-state index contributed by atoms with van der Waals surface area (Å²) in [6.07, 6.45) is 4.41. The number of hydrogen-bond acceptors (Lipinski definition) is 5. The Morgan fingerprint density at radius 1 is 1.05 bits per heavy atom. The van der Waals surface area contributed by atoms with Gasteiger partial charge >= 0.3 is 0 Å². The van der Waals surface area contributed by atoms with Gasteiger partial charge in [0, 0.05) is 41.5 Å². The highest BCUT2D eigenvalue weighted by molar-refractivity contribution is 5.87. The molecule has 192 valence electrons. The summed E-state index contributed by atoms with van der Waals surface area (Å²) in [6.45, 7) is 2.01. The number of phenols is 1. The summed E-state index contributed by atoms with van der Waals surface area (Å²) in [5, 5.41) is 24.9. The minimum Gasteiger partial charge on any atom is -0.504 e. The number of aromatic amines is 1. The van der Waals surface area contributed by atoms with E-state index in [0.717, 1.165) is 71.1 Å². The topological polar surface area (TPSA) is 78.0 Å². The van der Waals surface area contributed by atoms with Crippen LogP contribution in [0, 0.1) is 5.92 Å². The molecule has 3 aliphatic carbocycles. The van der Waals surface area contributed by atoms with E-state index in [1.807, 2.05) is 42.5 Å². The van der Waals surface area contributed by atoms with E-state index in [1.54, 1.807) is 6.07 Å². The van der Waals surface area contributed by atoms with Crippen LogP contribution < -0.4 is 9.47 Å². The number of para-hydroxylation sites is 1. The maximum atomic E-state index is 12.9. The number of likely N-dealkylation sites (tertiary alicyclic amines) is 1. The number of aromatic nitrogens is 1. The number of nitrogens with zero attached hydrogens (tertiary/aromatic N) is 1. The van der Waals surface area contributed by atoms with Crippen LogP contribution in [-0.4, -0.2) is 44.8 Å². The van der Waals surface area contributed by atoms with Gasteiger partial charge in [0.2, 0.25) is 0 Å². The fraction of sp³-hybridized carbons (Fsp3) is 0.375. The molecule has 6 heteroatoms. The molecular formula is C32H30N2O4. The number of rotatable bonds is 4. The summed E-state index contributed by atoms with van der Waals surface area (Å²) >= 11 is 0.